The minimum Gasteiger partial charge on any atom is -0.0885 e. The molecule has 0 aromatic heterocycles. The maximum Gasteiger partial charge on any atom is -0.0142 e. The molecule has 0 N–H and O–H groups in total. The van der Waals surface area contributed by atoms with Crippen molar-refractivity contribution < 1.29 is 0 Å². The van der Waals surface area contributed by atoms with E-state index in [0.717, 1.165) is 12.8 Å². The van der Waals surface area contributed by atoms with Crippen LogP contribution in [0.4, 0.5) is 0 Å². The first kappa shape index (κ1) is 10.5. The third-order valence-electron chi connectivity index (χ3n) is 1.62. The second-order valence-corrected chi connectivity index (χ2v) is 2.92. The lowest BCUT2D eigenvalue weighted by molar-refractivity contribution is 0.941. The summed E-state index contributed by atoms with van der Waals surface area (Å²) in [5, 5.41) is 0. The van der Waals surface area contributed by atoms with Crippen molar-refractivity contribution in [1.82, 2.24) is 0 Å². The highest BCUT2D eigenvalue weighted by molar-refractivity contribution is 5.04. The Morgan fingerprint density at radius 2 is 1.91 bits per heavy atom. The van der Waals surface area contributed by atoms with Crippen molar-refractivity contribution in [2.45, 2.75) is 46.5 Å². The van der Waals surface area contributed by atoms with E-state index in [4.69, 9.17) is 0 Å². The number of hydrogen-bond donors (Lipinski definition) is 0. The molecule has 0 aliphatic rings. The van der Waals surface area contributed by atoms with Gasteiger partial charge >= 0.3 is 0 Å². The molecule has 0 amide bonds. The Morgan fingerprint density at radius 3 is 2.45 bits per heavy atom. The summed E-state index contributed by atoms with van der Waals surface area (Å²) in [7, 11) is 0. The Bertz CT molecular complexity index is 129. The zero-order valence-electron chi connectivity index (χ0n) is 8.06. The molecular formula is C11H20. The molecule has 0 heteroatoms. The monoisotopic (exact) mass is 152 g/mol. The van der Waals surface area contributed by atoms with Gasteiger partial charge in [-0.05, 0) is 26.2 Å². The molecule has 0 heterocycles. The third-order valence-corrected chi connectivity index (χ3v) is 1.62. The van der Waals surface area contributed by atoms with E-state index < -0.39 is 0 Å². The Balaban J connectivity index is 3.50. The fourth-order valence-electron chi connectivity index (χ4n) is 0.910. The van der Waals surface area contributed by atoms with Crippen LogP contribution in [0.1, 0.15) is 46.5 Å². The standard InChI is InChI=1S/C11H20/c1-4-6-8-10-11(3)9-7-5-2/h6,8-9H,4-5,7,10H2,1-3H3. The van der Waals surface area contributed by atoms with Gasteiger partial charge in [0.2, 0.25) is 0 Å². The summed E-state index contributed by atoms with van der Waals surface area (Å²) >= 11 is 0. The summed E-state index contributed by atoms with van der Waals surface area (Å²) < 4.78 is 0. The van der Waals surface area contributed by atoms with E-state index in [0.29, 0.717) is 0 Å². The molecule has 0 aliphatic carbocycles. The molecule has 0 aromatic carbocycles. The quantitative estimate of drug-likeness (QED) is 0.520. The summed E-state index contributed by atoms with van der Waals surface area (Å²) in [6.07, 6.45) is 11.6. The Morgan fingerprint density at radius 1 is 1.18 bits per heavy atom. The number of allylic oxidation sites excluding steroid dienone is 4. The lowest BCUT2D eigenvalue weighted by Gasteiger charge is -1.93. The van der Waals surface area contributed by atoms with Gasteiger partial charge in [-0.2, -0.15) is 0 Å². The molecule has 0 rings (SSSR count). The molecule has 0 saturated carbocycles. The van der Waals surface area contributed by atoms with Crippen molar-refractivity contribution in [3.8, 4) is 0 Å². The Kier molecular flexibility index (Phi) is 7.23. The van der Waals surface area contributed by atoms with Crippen LogP contribution in [0, 0.1) is 0 Å². The SMILES string of the molecule is CCC=CCC(C)=CCCC. The van der Waals surface area contributed by atoms with Crippen molar-refractivity contribution in [1.29, 1.82) is 0 Å². The predicted molar refractivity (Wildman–Crippen MR) is 52.7 cm³/mol. The minimum atomic E-state index is 1.13. The van der Waals surface area contributed by atoms with Gasteiger partial charge < -0.3 is 0 Å². The fraction of sp³-hybridized carbons (Fsp3) is 0.636. The van der Waals surface area contributed by atoms with E-state index in [9.17, 15) is 0 Å². The molecule has 64 valence electrons. The van der Waals surface area contributed by atoms with E-state index in [1.54, 1.807) is 0 Å². The molecule has 0 saturated heterocycles. The normalized spacial score (nSPS) is 12.8. The fourth-order valence-corrected chi connectivity index (χ4v) is 0.910. The van der Waals surface area contributed by atoms with Crippen molar-refractivity contribution >= 4 is 0 Å². The molecule has 0 aromatic rings. The second kappa shape index (κ2) is 7.59. The molecule has 0 fully saturated rings. The van der Waals surface area contributed by atoms with Crippen molar-refractivity contribution in [3.05, 3.63) is 23.8 Å². The Labute approximate surface area is 71.0 Å². The first-order valence-corrected chi connectivity index (χ1v) is 4.61. The van der Waals surface area contributed by atoms with E-state index in [1.165, 1.54) is 18.4 Å². The van der Waals surface area contributed by atoms with Gasteiger partial charge in [-0.3, -0.25) is 0 Å². The van der Waals surface area contributed by atoms with Crippen LogP contribution in [0.2, 0.25) is 0 Å². The van der Waals surface area contributed by atoms with Gasteiger partial charge in [0, 0.05) is 0 Å². The lowest BCUT2D eigenvalue weighted by atomic mass is 10.1. The van der Waals surface area contributed by atoms with Crippen LogP contribution < -0.4 is 0 Å². The molecule has 0 bridgehead atoms. The second-order valence-electron chi connectivity index (χ2n) is 2.92. The maximum atomic E-state index is 2.33. The largest absolute Gasteiger partial charge is 0.0885 e. The van der Waals surface area contributed by atoms with Crippen molar-refractivity contribution in [2.75, 3.05) is 0 Å². The van der Waals surface area contributed by atoms with Crippen LogP contribution in [0.5, 0.6) is 0 Å². The molecule has 0 nitrogen and oxygen atoms in total. The van der Waals surface area contributed by atoms with Gasteiger partial charge in [-0.25, -0.2) is 0 Å². The van der Waals surface area contributed by atoms with Crippen LogP contribution >= 0.6 is 0 Å². The van der Waals surface area contributed by atoms with Crippen LogP contribution in [0.15, 0.2) is 23.8 Å². The van der Waals surface area contributed by atoms with Gasteiger partial charge in [0.1, 0.15) is 0 Å². The third kappa shape index (κ3) is 7.38. The van der Waals surface area contributed by atoms with E-state index in [2.05, 4.69) is 39.0 Å². The van der Waals surface area contributed by atoms with Crippen molar-refractivity contribution in [2.24, 2.45) is 0 Å². The highest BCUT2D eigenvalue weighted by Gasteiger charge is 1.83. The molecular weight excluding hydrogens is 132 g/mol. The van der Waals surface area contributed by atoms with E-state index in [-0.39, 0.29) is 0 Å². The number of hydrogen-bond acceptors (Lipinski definition) is 0. The van der Waals surface area contributed by atoms with Gasteiger partial charge in [0.05, 0.1) is 0 Å². The predicted octanol–water partition coefficient (Wildman–Crippen LogP) is 4.09. The molecule has 0 aliphatic heterocycles. The highest BCUT2D eigenvalue weighted by atomic mass is 13.9. The number of rotatable bonds is 5. The average molecular weight is 152 g/mol. The maximum absolute atomic E-state index is 2.33. The zero-order chi connectivity index (χ0) is 8.53. The van der Waals surface area contributed by atoms with Gasteiger partial charge in [0.15, 0.2) is 0 Å². The molecule has 0 unspecified atom stereocenters. The van der Waals surface area contributed by atoms with E-state index >= 15 is 0 Å². The lowest BCUT2D eigenvalue weighted by Crippen LogP contribution is -1.73. The number of unbranched alkanes of at least 4 members (excludes halogenated alkanes) is 1. The molecule has 0 radical (unpaired) electrons. The molecule has 11 heavy (non-hydrogen) atoms. The summed E-state index contributed by atoms with van der Waals surface area (Å²) in [6.45, 7) is 6.59. The van der Waals surface area contributed by atoms with Crippen molar-refractivity contribution in [3.63, 3.8) is 0 Å². The van der Waals surface area contributed by atoms with Gasteiger partial charge in [0.25, 0.3) is 0 Å². The van der Waals surface area contributed by atoms with Gasteiger partial charge in [-0.15, -0.1) is 0 Å². The molecule has 0 spiro atoms. The summed E-state index contributed by atoms with van der Waals surface area (Å²) in [6, 6.07) is 0. The van der Waals surface area contributed by atoms with E-state index in [1.807, 2.05) is 0 Å². The summed E-state index contributed by atoms with van der Waals surface area (Å²) in [5.41, 5.74) is 1.50. The van der Waals surface area contributed by atoms with Crippen LogP contribution in [-0.2, 0) is 0 Å². The van der Waals surface area contributed by atoms with Crippen LogP contribution in [-0.4, -0.2) is 0 Å². The first-order chi connectivity index (χ1) is 5.31. The van der Waals surface area contributed by atoms with Crippen LogP contribution in [0.25, 0.3) is 0 Å². The summed E-state index contributed by atoms with van der Waals surface area (Å²) in [5.74, 6) is 0. The average Bonchev–Trinajstić information content (AvgIpc) is 2.01. The first-order valence-electron chi connectivity index (χ1n) is 4.61. The van der Waals surface area contributed by atoms with Gasteiger partial charge in [-0.1, -0.05) is 44.1 Å². The zero-order valence-corrected chi connectivity index (χ0v) is 8.06. The summed E-state index contributed by atoms with van der Waals surface area (Å²) in [4.78, 5) is 0. The van der Waals surface area contributed by atoms with Crippen LogP contribution in [0.3, 0.4) is 0 Å². The topological polar surface area (TPSA) is 0 Å². The smallest absolute Gasteiger partial charge is 0.0142 e. The molecule has 0 atom stereocenters. The minimum absolute atomic E-state index is 1.13. The Hall–Kier alpha value is -0.520. The highest BCUT2D eigenvalue weighted by Crippen LogP contribution is 2.03.